The van der Waals surface area contributed by atoms with Crippen LogP contribution in [-0.2, 0) is 10.8 Å². The number of anilines is 2. The van der Waals surface area contributed by atoms with Crippen LogP contribution in [-0.4, -0.2) is 0 Å². The van der Waals surface area contributed by atoms with Crippen LogP contribution in [0.3, 0.4) is 0 Å². The van der Waals surface area contributed by atoms with Crippen molar-refractivity contribution in [2.75, 3.05) is 11.5 Å². The molecule has 0 aliphatic heterocycles. The van der Waals surface area contributed by atoms with Crippen molar-refractivity contribution in [1.82, 2.24) is 0 Å². The van der Waals surface area contributed by atoms with Crippen LogP contribution in [0, 0.1) is 35.5 Å². The van der Waals surface area contributed by atoms with Crippen molar-refractivity contribution in [2.24, 2.45) is 35.5 Å². The van der Waals surface area contributed by atoms with Crippen LogP contribution >= 0.6 is 0 Å². The van der Waals surface area contributed by atoms with Gasteiger partial charge in [-0.1, -0.05) is 12.1 Å². The molecule has 0 amide bonds. The first-order valence-electron chi connectivity index (χ1n) is 16.7. The Hall–Kier alpha value is -3.14. The molecule has 0 radical (unpaired) electrons. The van der Waals surface area contributed by atoms with E-state index in [0.717, 1.165) is 69.9 Å². The van der Waals surface area contributed by atoms with E-state index in [9.17, 15) is 0 Å². The van der Waals surface area contributed by atoms with Crippen LogP contribution in [0.1, 0.15) is 88.2 Å². The summed E-state index contributed by atoms with van der Waals surface area (Å²) in [7, 11) is 0. The molecule has 0 heterocycles. The van der Waals surface area contributed by atoms with E-state index in [1.807, 2.05) is 48.5 Å². The van der Waals surface area contributed by atoms with Gasteiger partial charge in [-0.2, -0.15) is 0 Å². The topological polar surface area (TPSA) is 70.5 Å². The third-order valence-electron chi connectivity index (χ3n) is 12.5. The zero-order valence-electron chi connectivity index (χ0n) is 24.7. The number of nitrogens with two attached hydrogens (primary N) is 2. The van der Waals surface area contributed by atoms with Gasteiger partial charge in [-0.3, -0.25) is 0 Å². The van der Waals surface area contributed by atoms with Crippen molar-refractivity contribution in [2.45, 2.75) is 87.9 Å². The lowest BCUT2D eigenvalue weighted by Gasteiger charge is -2.58. The summed E-state index contributed by atoms with van der Waals surface area (Å²) in [6.07, 6.45) is 16.3. The summed E-state index contributed by atoms with van der Waals surface area (Å²) in [5, 5.41) is 0. The van der Waals surface area contributed by atoms with Crippen molar-refractivity contribution in [3.8, 4) is 23.0 Å². The van der Waals surface area contributed by atoms with Crippen molar-refractivity contribution in [3.05, 3.63) is 71.8 Å². The molecule has 0 aromatic heterocycles. The largest absolute Gasteiger partial charge is 0.453 e. The summed E-state index contributed by atoms with van der Waals surface area (Å²) in [6.45, 7) is 0. The molecule has 4 nitrogen and oxygen atoms in total. The Labute approximate surface area is 250 Å². The van der Waals surface area contributed by atoms with Gasteiger partial charge in [0.1, 0.15) is 11.5 Å². The molecule has 4 N–H and O–H groups in total. The maximum absolute atomic E-state index is 7.08. The van der Waals surface area contributed by atoms with E-state index in [0.29, 0.717) is 0 Å². The van der Waals surface area contributed by atoms with Crippen LogP contribution in [0.4, 0.5) is 11.4 Å². The predicted octanol–water partition coefficient (Wildman–Crippen LogP) is 9.37. The zero-order valence-corrected chi connectivity index (χ0v) is 24.7. The second-order valence-corrected chi connectivity index (χ2v) is 15.6. The van der Waals surface area contributed by atoms with Crippen LogP contribution in [0.5, 0.6) is 23.0 Å². The smallest absolute Gasteiger partial charge is 0.173 e. The molecule has 3 aromatic carbocycles. The highest BCUT2D eigenvalue weighted by molar-refractivity contribution is 5.61. The molecule has 8 aliphatic rings. The minimum absolute atomic E-state index is 0.178. The molecule has 8 saturated carbocycles. The first-order valence-corrected chi connectivity index (χ1v) is 16.7. The van der Waals surface area contributed by atoms with Gasteiger partial charge in [0.25, 0.3) is 0 Å². The second-order valence-electron chi connectivity index (χ2n) is 15.6. The number of hydrogen-bond acceptors (Lipinski definition) is 4. The molecule has 218 valence electrons. The van der Waals surface area contributed by atoms with E-state index in [-0.39, 0.29) is 10.8 Å². The Morgan fingerprint density at radius 3 is 1.00 bits per heavy atom. The minimum Gasteiger partial charge on any atom is -0.453 e. The van der Waals surface area contributed by atoms with Gasteiger partial charge in [0.2, 0.25) is 0 Å². The maximum Gasteiger partial charge on any atom is 0.173 e. The fourth-order valence-corrected chi connectivity index (χ4v) is 11.8. The summed E-state index contributed by atoms with van der Waals surface area (Å²) in [6, 6.07) is 20.9. The van der Waals surface area contributed by atoms with E-state index in [1.54, 1.807) is 0 Å². The Bertz CT molecular complexity index is 1320. The molecule has 3 aromatic rings. The van der Waals surface area contributed by atoms with Crippen molar-refractivity contribution < 1.29 is 9.47 Å². The monoisotopic (exact) mass is 560 g/mol. The third kappa shape index (κ3) is 4.07. The van der Waals surface area contributed by atoms with Gasteiger partial charge in [-0.15, -0.1) is 0 Å². The summed E-state index contributed by atoms with van der Waals surface area (Å²) in [4.78, 5) is 0. The van der Waals surface area contributed by atoms with Gasteiger partial charge in [0, 0.05) is 22.5 Å². The lowest BCUT2D eigenvalue weighted by Crippen LogP contribution is -2.49. The molecule has 0 unspecified atom stereocenters. The lowest BCUT2D eigenvalue weighted by molar-refractivity contribution is -0.00832. The molecule has 42 heavy (non-hydrogen) atoms. The highest BCUT2D eigenvalue weighted by Crippen LogP contribution is 2.66. The molecule has 0 atom stereocenters. The fraction of sp³-hybridized carbons (Fsp3) is 0.526. The van der Waals surface area contributed by atoms with Crippen LogP contribution in [0.2, 0.25) is 0 Å². The van der Waals surface area contributed by atoms with Crippen molar-refractivity contribution >= 4 is 11.4 Å². The minimum atomic E-state index is 0.178. The normalized spacial score (nSPS) is 37.2. The van der Waals surface area contributed by atoms with Crippen LogP contribution < -0.4 is 20.9 Å². The molecule has 8 bridgehead atoms. The number of ether oxygens (including phenoxy) is 2. The summed E-state index contributed by atoms with van der Waals surface area (Å²) >= 11 is 0. The summed E-state index contributed by atoms with van der Waals surface area (Å²) in [5.41, 5.74) is 16.8. The standard InChI is InChI=1S/C38H44N2O2/c39-29-1-5-31(6-2-29)41-35-33(37-17-23-11-24(18-37)13-25(12-23)19-37)9-10-34(36(35)42-32-7-3-30(40)4-8-32)38-20-26-14-27(21-38)16-28(15-26)22-38/h1-10,23-28H,11-22,39-40H2. The van der Waals surface area contributed by atoms with Crippen LogP contribution in [0.15, 0.2) is 60.7 Å². The second kappa shape index (κ2) is 9.18. The fourth-order valence-electron chi connectivity index (χ4n) is 11.8. The molecular formula is C38H44N2O2. The molecule has 0 spiro atoms. The lowest BCUT2D eigenvalue weighted by atomic mass is 9.47. The highest BCUT2D eigenvalue weighted by Gasteiger charge is 2.55. The zero-order chi connectivity index (χ0) is 28.1. The average molecular weight is 561 g/mol. The molecular weight excluding hydrogens is 516 g/mol. The first kappa shape index (κ1) is 25.4. The van der Waals surface area contributed by atoms with Crippen molar-refractivity contribution in [3.63, 3.8) is 0 Å². The molecule has 8 aliphatic carbocycles. The van der Waals surface area contributed by atoms with E-state index in [2.05, 4.69) is 12.1 Å². The number of nitrogen functional groups attached to an aromatic ring is 2. The third-order valence-corrected chi connectivity index (χ3v) is 12.5. The highest BCUT2D eigenvalue weighted by atomic mass is 16.5. The van der Waals surface area contributed by atoms with Gasteiger partial charge in [0.05, 0.1) is 0 Å². The van der Waals surface area contributed by atoms with Crippen molar-refractivity contribution in [1.29, 1.82) is 0 Å². The van der Waals surface area contributed by atoms with Gasteiger partial charge in [-0.05, 0) is 172 Å². The van der Waals surface area contributed by atoms with E-state index in [1.165, 1.54) is 88.2 Å². The average Bonchev–Trinajstić information content (AvgIpc) is 2.94. The van der Waals surface area contributed by atoms with Gasteiger partial charge in [0.15, 0.2) is 11.5 Å². The number of rotatable bonds is 6. The number of hydrogen-bond donors (Lipinski definition) is 2. The van der Waals surface area contributed by atoms with Gasteiger partial charge in [-0.25, -0.2) is 0 Å². The predicted molar refractivity (Wildman–Crippen MR) is 168 cm³/mol. The molecule has 11 rings (SSSR count). The van der Waals surface area contributed by atoms with E-state index < -0.39 is 0 Å². The molecule has 8 fully saturated rings. The Kier molecular flexibility index (Phi) is 5.54. The molecule has 4 heteroatoms. The van der Waals surface area contributed by atoms with Gasteiger partial charge < -0.3 is 20.9 Å². The SMILES string of the molecule is Nc1ccc(Oc2c(C34CC5CC(CC(C5)C3)C4)ccc(C34CC5CC(CC(C5)C3)C4)c2Oc2ccc(N)cc2)cc1. The number of benzene rings is 3. The van der Waals surface area contributed by atoms with Gasteiger partial charge >= 0.3 is 0 Å². The Balaban J connectivity index is 1.24. The van der Waals surface area contributed by atoms with Crippen LogP contribution in [0.25, 0.3) is 0 Å². The Morgan fingerprint density at radius 1 is 0.429 bits per heavy atom. The molecule has 0 saturated heterocycles. The quantitative estimate of drug-likeness (QED) is 0.295. The van der Waals surface area contributed by atoms with E-state index >= 15 is 0 Å². The van der Waals surface area contributed by atoms with E-state index in [4.69, 9.17) is 20.9 Å². The Morgan fingerprint density at radius 2 is 0.714 bits per heavy atom. The maximum atomic E-state index is 7.08. The summed E-state index contributed by atoms with van der Waals surface area (Å²) in [5.74, 6) is 8.71. The first-order chi connectivity index (χ1) is 20.4. The summed E-state index contributed by atoms with van der Waals surface area (Å²) < 4.78 is 14.2.